The third kappa shape index (κ3) is 3.46. The smallest absolute Gasteiger partial charge is 0.167 e. The van der Waals surface area contributed by atoms with Gasteiger partial charge in [0.15, 0.2) is 5.78 Å². The summed E-state index contributed by atoms with van der Waals surface area (Å²) in [6.45, 7) is 0. The van der Waals surface area contributed by atoms with Crippen molar-refractivity contribution in [3.63, 3.8) is 0 Å². The van der Waals surface area contributed by atoms with Crippen LogP contribution in [0.4, 0.5) is 4.39 Å². The number of methoxy groups -OCH3 is 1. The Labute approximate surface area is 133 Å². The van der Waals surface area contributed by atoms with Gasteiger partial charge in [0.05, 0.1) is 16.1 Å². The van der Waals surface area contributed by atoms with Gasteiger partial charge in [-0.25, -0.2) is 4.39 Å². The van der Waals surface area contributed by atoms with Crippen molar-refractivity contribution in [2.45, 2.75) is 6.42 Å². The number of rotatable bonds is 4. The fourth-order valence-electron chi connectivity index (χ4n) is 1.78. The first-order valence-electron chi connectivity index (χ1n) is 5.82. The third-order valence-corrected chi connectivity index (χ3v) is 4.09. The molecule has 0 N–H and O–H groups in total. The number of Topliss-reactive ketones (excluding diaryl/α,β-unsaturated/α-hetero) is 1. The van der Waals surface area contributed by atoms with Gasteiger partial charge in [0, 0.05) is 12.0 Å². The third-order valence-electron chi connectivity index (χ3n) is 2.82. The second-order valence-electron chi connectivity index (χ2n) is 4.20. The van der Waals surface area contributed by atoms with E-state index >= 15 is 0 Å². The van der Waals surface area contributed by atoms with Gasteiger partial charge in [-0.3, -0.25) is 4.79 Å². The largest absolute Gasteiger partial charge is 0.496 e. The van der Waals surface area contributed by atoms with Crippen molar-refractivity contribution in [3.8, 4) is 5.75 Å². The molecule has 0 unspecified atom stereocenters. The van der Waals surface area contributed by atoms with Crippen LogP contribution in [0, 0.1) is 5.82 Å². The lowest BCUT2D eigenvalue weighted by Crippen LogP contribution is -2.04. The molecule has 2 aromatic rings. The first-order chi connectivity index (χ1) is 9.51. The summed E-state index contributed by atoms with van der Waals surface area (Å²) >= 11 is 6.44. The molecule has 0 fully saturated rings. The van der Waals surface area contributed by atoms with Gasteiger partial charge >= 0.3 is 0 Å². The topological polar surface area (TPSA) is 26.3 Å². The fourth-order valence-corrected chi connectivity index (χ4v) is 2.61. The van der Waals surface area contributed by atoms with Gasteiger partial charge in [-0.05, 0) is 61.7 Å². The minimum atomic E-state index is -0.438. The number of hydrogen-bond donors (Lipinski definition) is 0. The predicted molar refractivity (Wildman–Crippen MR) is 82.8 cm³/mol. The fraction of sp³-hybridized carbons (Fsp3) is 0.133. The molecule has 0 heterocycles. The standard InChI is InChI=1S/C15H11Br2FO2/c1-20-15-5-2-9(6-12(15)17)7-14(19)10-3-4-11(16)13(18)8-10/h2-6,8H,7H2,1H3. The van der Waals surface area contributed by atoms with E-state index in [1.165, 1.54) is 12.1 Å². The summed E-state index contributed by atoms with van der Waals surface area (Å²) in [6, 6.07) is 9.81. The number of ketones is 1. The number of ether oxygens (including phenoxy) is 1. The van der Waals surface area contributed by atoms with E-state index in [1.54, 1.807) is 19.2 Å². The van der Waals surface area contributed by atoms with E-state index < -0.39 is 5.82 Å². The average molecular weight is 402 g/mol. The quantitative estimate of drug-likeness (QED) is 0.688. The van der Waals surface area contributed by atoms with E-state index in [9.17, 15) is 9.18 Å². The Morgan fingerprint density at radius 3 is 2.50 bits per heavy atom. The lowest BCUT2D eigenvalue weighted by atomic mass is 10.0. The minimum Gasteiger partial charge on any atom is -0.496 e. The summed E-state index contributed by atoms with van der Waals surface area (Å²) in [4.78, 5) is 12.1. The zero-order chi connectivity index (χ0) is 14.7. The first kappa shape index (κ1) is 15.2. The highest BCUT2D eigenvalue weighted by Crippen LogP contribution is 2.26. The van der Waals surface area contributed by atoms with Crippen LogP contribution >= 0.6 is 31.9 Å². The Hall–Kier alpha value is -1.20. The second-order valence-corrected chi connectivity index (χ2v) is 5.91. The Morgan fingerprint density at radius 1 is 1.15 bits per heavy atom. The molecule has 0 aliphatic rings. The van der Waals surface area contributed by atoms with Crippen LogP contribution in [0.3, 0.4) is 0 Å². The Morgan fingerprint density at radius 2 is 1.90 bits per heavy atom. The van der Waals surface area contributed by atoms with Crippen molar-refractivity contribution in [1.29, 1.82) is 0 Å². The molecule has 0 spiro atoms. The molecule has 0 radical (unpaired) electrons. The van der Waals surface area contributed by atoms with Crippen LogP contribution in [-0.4, -0.2) is 12.9 Å². The van der Waals surface area contributed by atoms with Crippen LogP contribution in [0.5, 0.6) is 5.75 Å². The van der Waals surface area contributed by atoms with Crippen LogP contribution in [-0.2, 0) is 6.42 Å². The van der Waals surface area contributed by atoms with Crippen molar-refractivity contribution >= 4 is 37.6 Å². The van der Waals surface area contributed by atoms with E-state index in [0.29, 0.717) is 15.8 Å². The van der Waals surface area contributed by atoms with E-state index in [-0.39, 0.29) is 12.2 Å². The number of carbonyl (C=O) groups excluding carboxylic acids is 1. The lowest BCUT2D eigenvalue weighted by Gasteiger charge is -2.06. The van der Waals surface area contributed by atoms with Crippen molar-refractivity contribution in [2.24, 2.45) is 0 Å². The van der Waals surface area contributed by atoms with Gasteiger partial charge in [-0.2, -0.15) is 0 Å². The average Bonchev–Trinajstić information content (AvgIpc) is 2.42. The van der Waals surface area contributed by atoms with Crippen LogP contribution in [0.25, 0.3) is 0 Å². The number of carbonyl (C=O) groups is 1. The monoisotopic (exact) mass is 400 g/mol. The molecule has 0 amide bonds. The maximum absolute atomic E-state index is 13.4. The molecular formula is C15H11Br2FO2. The van der Waals surface area contributed by atoms with Crippen molar-refractivity contribution in [2.75, 3.05) is 7.11 Å². The summed E-state index contributed by atoms with van der Waals surface area (Å²) in [7, 11) is 1.58. The molecule has 0 saturated heterocycles. The summed E-state index contributed by atoms with van der Waals surface area (Å²) in [5, 5.41) is 0. The molecule has 20 heavy (non-hydrogen) atoms. The number of benzene rings is 2. The van der Waals surface area contributed by atoms with E-state index in [0.717, 1.165) is 10.0 Å². The highest BCUT2D eigenvalue weighted by Gasteiger charge is 2.11. The van der Waals surface area contributed by atoms with E-state index in [2.05, 4.69) is 31.9 Å². The second kappa shape index (κ2) is 6.50. The normalized spacial score (nSPS) is 10.4. The van der Waals surface area contributed by atoms with Gasteiger partial charge in [0.1, 0.15) is 11.6 Å². The molecule has 104 valence electrons. The Balaban J connectivity index is 2.19. The number of hydrogen-bond acceptors (Lipinski definition) is 2. The molecule has 0 aliphatic heterocycles. The molecule has 0 bridgehead atoms. The Bertz CT molecular complexity index is 656. The molecule has 0 aliphatic carbocycles. The minimum absolute atomic E-state index is 0.131. The molecule has 5 heteroatoms. The highest BCUT2D eigenvalue weighted by molar-refractivity contribution is 9.10. The molecule has 0 aromatic heterocycles. The number of halogens is 3. The van der Waals surface area contributed by atoms with Crippen LogP contribution in [0.2, 0.25) is 0 Å². The van der Waals surface area contributed by atoms with Crippen LogP contribution < -0.4 is 4.74 Å². The Kier molecular flexibility index (Phi) is 4.94. The first-order valence-corrected chi connectivity index (χ1v) is 7.40. The molecule has 0 saturated carbocycles. The molecule has 2 aromatic carbocycles. The summed E-state index contributed by atoms with van der Waals surface area (Å²) < 4.78 is 19.7. The maximum Gasteiger partial charge on any atom is 0.167 e. The lowest BCUT2D eigenvalue weighted by molar-refractivity contribution is 0.0992. The van der Waals surface area contributed by atoms with E-state index in [1.807, 2.05) is 12.1 Å². The summed E-state index contributed by atoms with van der Waals surface area (Å²) in [6.07, 6.45) is 0.212. The van der Waals surface area contributed by atoms with Crippen molar-refractivity contribution in [1.82, 2.24) is 0 Å². The molecule has 2 rings (SSSR count). The molecular weight excluding hydrogens is 391 g/mol. The van der Waals surface area contributed by atoms with Gasteiger partial charge in [-0.1, -0.05) is 12.1 Å². The SMILES string of the molecule is COc1ccc(CC(=O)c2ccc(Br)c(F)c2)cc1Br. The maximum atomic E-state index is 13.4. The van der Waals surface area contributed by atoms with Crippen LogP contribution in [0.15, 0.2) is 45.3 Å². The zero-order valence-corrected chi connectivity index (χ0v) is 13.8. The van der Waals surface area contributed by atoms with Crippen molar-refractivity contribution < 1.29 is 13.9 Å². The zero-order valence-electron chi connectivity index (χ0n) is 10.6. The summed E-state index contributed by atoms with van der Waals surface area (Å²) in [5.41, 5.74) is 1.20. The molecule has 0 atom stereocenters. The predicted octanol–water partition coefficient (Wildman–Crippen LogP) is 4.78. The summed E-state index contributed by atoms with van der Waals surface area (Å²) in [5.74, 6) is 0.135. The van der Waals surface area contributed by atoms with Gasteiger partial charge in [0.25, 0.3) is 0 Å². The van der Waals surface area contributed by atoms with E-state index in [4.69, 9.17) is 4.74 Å². The van der Waals surface area contributed by atoms with Crippen molar-refractivity contribution in [3.05, 3.63) is 62.3 Å². The van der Waals surface area contributed by atoms with Crippen LogP contribution in [0.1, 0.15) is 15.9 Å². The van der Waals surface area contributed by atoms with Gasteiger partial charge in [-0.15, -0.1) is 0 Å². The van der Waals surface area contributed by atoms with Gasteiger partial charge < -0.3 is 4.74 Å². The highest BCUT2D eigenvalue weighted by atomic mass is 79.9. The van der Waals surface area contributed by atoms with Gasteiger partial charge in [0.2, 0.25) is 0 Å². The molecule has 2 nitrogen and oxygen atoms in total.